The van der Waals surface area contributed by atoms with Gasteiger partial charge >= 0.3 is 0 Å². The summed E-state index contributed by atoms with van der Waals surface area (Å²) >= 11 is 13.6. The Hall–Kier alpha value is -3.67. The van der Waals surface area contributed by atoms with Gasteiger partial charge in [-0.05, 0) is 42.5 Å². The van der Waals surface area contributed by atoms with E-state index in [2.05, 4.69) is 27.2 Å². The van der Waals surface area contributed by atoms with E-state index in [-0.39, 0.29) is 10.5 Å². The molecule has 0 bridgehead atoms. The molecule has 3 heterocycles. The van der Waals surface area contributed by atoms with Gasteiger partial charge in [0.2, 0.25) is 4.77 Å². The van der Waals surface area contributed by atoms with Gasteiger partial charge in [-0.25, -0.2) is 9.69 Å². The van der Waals surface area contributed by atoms with Gasteiger partial charge in [0.1, 0.15) is 11.4 Å². The molecule has 1 aromatic heterocycles. The van der Waals surface area contributed by atoms with Gasteiger partial charge in [0.15, 0.2) is 5.82 Å². The Labute approximate surface area is 219 Å². The Balaban J connectivity index is 1.43. The molecule has 0 saturated carbocycles. The zero-order valence-electron chi connectivity index (χ0n) is 18.4. The summed E-state index contributed by atoms with van der Waals surface area (Å²) < 4.78 is 1.70. The van der Waals surface area contributed by atoms with Crippen LogP contribution in [-0.4, -0.2) is 31.1 Å². The molecule has 2 aliphatic rings. The molecule has 1 N–H and O–H groups in total. The second kappa shape index (κ2) is 8.77. The van der Waals surface area contributed by atoms with Crippen molar-refractivity contribution in [2.45, 2.75) is 27.8 Å². The van der Waals surface area contributed by atoms with Crippen molar-refractivity contribution in [3.8, 4) is 0 Å². The highest BCUT2D eigenvalue weighted by molar-refractivity contribution is 7.99. The summed E-state index contributed by atoms with van der Waals surface area (Å²) in [6.07, 6.45) is 0. The first kappa shape index (κ1) is 22.8. The highest BCUT2D eigenvalue weighted by atomic mass is 35.5. The van der Waals surface area contributed by atoms with Crippen molar-refractivity contribution in [3.05, 3.63) is 99.1 Å². The molecule has 36 heavy (non-hydrogen) atoms. The predicted octanol–water partition coefficient (Wildman–Crippen LogP) is 5.48. The molecule has 6 rings (SSSR count). The molecule has 2 aliphatic heterocycles. The van der Waals surface area contributed by atoms with Crippen molar-refractivity contribution in [2.75, 3.05) is 9.91 Å². The number of nitro groups is 1. The fourth-order valence-corrected chi connectivity index (χ4v) is 6.28. The van der Waals surface area contributed by atoms with Gasteiger partial charge < -0.3 is 4.90 Å². The van der Waals surface area contributed by atoms with E-state index in [4.69, 9.17) is 23.8 Å². The van der Waals surface area contributed by atoms with Crippen molar-refractivity contribution >= 4 is 58.6 Å². The SMILES string of the molecule is O=C1C(Cl)C(c2ccccc2[N+](=O)[O-])N1n1c(CN2c3ccccc3Sc3ccccc32)n[nH]c1=S. The van der Waals surface area contributed by atoms with Gasteiger partial charge in [0.05, 0.1) is 28.4 Å². The Bertz CT molecular complexity index is 1540. The van der Waals surface area contributed by atoms with E-state index in [0.29, 0.717) is 17.9 Å². The molecule has 9 nitrogen and oxygen atoms in total. The highest BCUT2D eigenvalue weighted by Gasteiger charge is 2.52. The average Bonchev–Trinajstić information content (AvgIpc) is 3.25. The van der Waals surface area contributed by atoms with Crippen LogP contribution in [0.1, 0.15) is 17.4 Å². The number of anilines is 2. The van der Waals surface area contributed by atoms with E-state index in [1.54, 1.807) is 30.0 Å². The van der Waals surface area contributed by atoms with Crippen LogP contribution in [0.4, 0.5) is 17.1 Å². The molecule has 4 aromatic rings. The van der Waals surface area contributed by atoms with Gasteiger partial charge in [-0.15, -0.1) is 11.6 Å². The van der Waals surface area contributed by atoms with Crippen LogP contribution in [0.3, 0.4) is 0 Å². The lowest BCUT2D eigenvalue weighted by Gasteiger charge is -2.44. The van der Waals surface area contributed by atoms with Crippen LogP contribution in [0.2, 0.25) is 0 Å². The minimum atomic E-state index is -0.969. The fourth-order valence-electron chi connectivity index (χ4n) is 4.60. The van der Waals surface area contributed by atoms with Crippen LogP contribution in [0, 0.1) is 14.9 Å². The number of fused-ring (bicyclic) bond motifs is 2. The summed E-state index contributed by atoms with van der Waals surface area (Å²) in [5.74, 6) is 0.0607. The molecule has 0 radical (unpaired) electrons. The first-order valence-electron chi connectivity index (χ1n) is 11.0. The fraction of sp³-hybridized carbons (Fsp3) is 0.125. The summed E-state index contributed by atoms with van der Waals surface area (Å²) in [4.78, 5) is 28.5. The summed E-state index contributed by atoms with van der Waals surface area (Å²) in [5, 5.41) is 19.3. The minimum absolute atomic E-state index is 0.113. The van der Waals surface area contributed by atoms with E-state index < -0.39 is 22.2 Å². The number of hydrogen-bond acceptors (Lipinski definition) is 7. The number of aromatic amines is 1. The van der Waals surface area contributed by atoms with Crippen LogP contribution in [0.25, 0.3) is 0 Å². The molecule has 0 spiro atoms. The first-order chi connectivity index (χ1) is 17.5. The van der Waals surface area contributed by atoms with Crippen molar-refractivity contribution in [2.24, 2.45) is 0 Å². The van der Waals surface area contributed by atoms with Crippen LogP contribution < -0.4 is 9.91 Å². The number of nitrogens with zero attached hydrogens (tertiary/aromatic N) is 5. The number of carbonyl (C=O) groups excluding carboxylic acids is 1. The molecule has 1 saturated heterocycles. The van der Waals surface area contributed by atoms with E-state index in [1.165, 1.54) is 15.8 Å². The summed E-state index contributed by atoms with van der Waals surface area (Å²) in [6.45, 7) is 0.294. The topological polar surface area (TPSA) is 100 Å². The third kappa shape index (κ3) is 3.50. The molecule has 2 unspecified atom stereocenters. The zero-order chi connectivity index (χ0) is 25.0. The largest absolute Gasteiger partial charge is 0.332 e. The van der Waals surface area contributed by atoms with Crippen LogP contribution in [-0.2, 0) is 11.3 Å². The molecular weight excluding hydrogens is 520 g/mol. The number of H-pyrrole nitrogens is 1. The molecule has 1 fully saturated rings. The van der Waals surface area contributed by atoms with Gasteiger partial charge in [0.25, 0.3) is 11.6 Å². The maximum Gasteiger partial charge on any atom is 0.274 e. The molecule has 3 aromatic carbocycles. The monoisotopic (exact) mass is 536 g/mol. The molecule has 12 heteroatoms. The van der Waals surface area contributed by atoms with Crippen molar-refractivity contribution in [3.63, 3.8) is 0 Å². The molecule has 2 atom stereocenters. The maximum absolute atomic E-state index is 13.0. The number of halogens is 1. The predicted molar refractivity (Wildman–Crippen MR) is 139 cm³/mol. The minimum Gasteiger partial charge on any atom is -0.332 e. The smallest absolute Gasteiger partial charge is 0.274 e. The average molecular weight is 537 g/mol. The number of β-lactam (4-membered cyclic amide) rings is 1. The number of para-hydroxylation sites is 3. The lowest BCUT2D eigenvalue weighted by molar-refractivity contribution is -0.385. The number of amides is 1. The number of aromatic nitrogens is 3. The second-order valence-corrected chi connectivity index (χ2v) is 10.2. The van der Waals surface area contributed by atoms with Crippen LogP contribution >= 0.6 is 35.6 Å². The van der Waals surface area contributed by atoms with Crippen molar-refractivity contribution in [1.82, 2.24) is 14.9 Å². The third-order valence-corrected chi connectivity index (χ3v) is 8.04. The van der Waals surface area contributed by atoms with Gasteiger partial charge in [-0.2, -0.15) is 5.10 Å². The Morgan fingerprint density at radius 1 is 1.03 bits per heavy atom. The quantitative estimate of drug-likeness (QED) is 0.118. The number of nitro benzene ring substituents is 1. The summed E-state index contributed by atoms with van der Waals surface area (Å²) in [7, 11) is 0. The summed E-state index contributed by atoms with van der Waals surface area (Å²) in [5.41, 5.74) is 2.23. The van der Waals surface area contributed by atoms with E-state index in [1.807, 2.05) is 36.4 Å². The summed E-state index contributed by atoms with van der Waals surface area (Å²) in [6, 6.07) is 21.6. The van der Waals surface area contributed by atoms with Gasteiger partial charge in [-0.3, -0.25) is 20.0 Å². The normalized spacial score (nSPS) is 18.4. The molecule has 1 amide bonds. The lowest BCUT2D eigenvalue weighted by Crippen LogP contribution is -2.62. The molecule has 0 aliphatic carbocycles. The Morgan fingerprint density at radius 3 is 2.31 bits per heavy atom. The van der Waals surface area contributed by atoms with Gasteiger partial charge in [0, 0.05) is 15.9 Å². The van der Waals surface area contributed by atoms with Crippen molar-refractivity contribution < 1.29 is 9.72 Å². The van der Waals surface area contributed by atoms with Gasteiger partial charge in [-0.1, -0.05) is 48.2 Å². The van der Waals surface area contributed by atoms with Crippen molar-refractivity contribution in [1.29, 1.82) is 0 Å². The molecular formula is C24H17ClN6O3S2. The highest BCUT2D eigenvalue weighted by Crippen LogP contribution is 2.48. The van der Waals surface area contributed by atoms with E-state index in [9.17, 15) is 14.9 Å². The lowest BCUT2D eigenvalue weighted by atomic mass is 9.94. The number of alkyl halides is 1. The van der Waals surface area contributed by atoms with E-state index in [0.717, 1.165) is 21.2 Å². The number of hydrogen-bond donors (Lipinski definition) is 1. The standard InChI is InChI=1S/C24H17ClN6O3S2/c25-21-22(14-7-1-2-8-15(14)31(33)34)30(23(21)32)29-20(26-27-24(29)35)13-28-16-9-3-5-11-18(16)36-19-12-6-4-10-17(19)28/h1-12,21-22H,13H2,(H,27,35). The number of benzene rings is 3. The number of carbonyl (C=O) groups is 1. The zero-order valence-corrected chi connectivity index (χ0v) is 20.8. The Kier molecular flexibility index (Phi) is 5.55. The first-order valence-corrected chi connectivity index (χ1v) is 12.6. The van der Waals surface area contributed by atoms with E-state index >= 15 is 0 Å². The third-order valence-electron chi connectivity index (χ3n) is 6.22. The number of nitrogens with one attached hydrogen (secondary N) is 1. The molecule has 180 valence electrons. The number of rotatable bonds is 5. The van der Waals surface area contributed by atoms with Crippen LogP contribution in [0.15, 0.2) is 82.6 Å². The maximum atomic E-state index is 13.0. The van der Waals surface area contributed by atoms with Crippen LogP contribution in [0.5, 0.6) is 0 Å². The second-order valence-electron chi connectivity index (χ2n) is 8.23. The Morgan fingerprint density at radius 2 is 1.64 bits per heavy atom.